The molecule has 0 fully saturated rings. The third kappa shape index (κ3) is 4.19. The van der Waals surface area contributed by atoms with E-state index in [9.17, 15) is 17.2 Å². The van der Waals surface area contributed by atoms with Crippen LogP contribution in [0.4, 0.5) is 19.6 Å². The fraction of sp³-hybridized carbons (Fsp3) is 0.222. The molecule has 0 saturated carbocycles. The molecule has 0 saturated heterocycles. The highest BCUT2D eigenvalue weighted by Gasteiger charge is 2.24. The predicted molar refractivity (Wildman–Crippen MR) is 108 cm³/mol. The van der Waals surface area contributed by atoms with Crippen LogP contribution in [0.1, 0.15) is 17.5 Å². The summed E-state index contributed by atoms with van der Waals surface area (Å²) in [4.78, 5) is 5.14. The van der Waals surface area contributed by atoms with Gasteiger partial charge in [-0.3, -0.25) is 4.72 Å². The van der Waals surface area contributed by atoms with E-state index in [4.69, 9.17) is 11.6 Å². The van der Waals surface area contributed by atoms with Crippen LogP contribution >= 0.6 is 23.1 Å². The summed E-state index contributed by atoms with van der Waals surface area (Å²) in [5, 5.41) is 0.153. The molecule has 1 aliphatic heterocycles. The highest BCUT2D eigenvalue weighted by molar-refractivity contribution is 7.93. The Morgan fingerprint density at radius 3 is 2.83 bits per heavy atom. The molecular weight excluding hydrogens is 442 g/mol. The molecule has 6 nitrogen and oxygen atoms in total. The van der Waals surface area contributed by atoms with Gasteiger partial charge in [0, 0.05) is 35.3 Å². The number of anilines is 2. The van der Waals surface area contributed by atoms with Gasteiger partial charge in [-0.1, -0.05) is 11.6 Å². The second-order valence-corrected chi connectivity index (χ2v) is 9.36. The summed E-state index contributed by atoms with van der Waals surface area (Å²) in [5.74, 6) is -1.22. The Hall–Kier alpha value is -2.30. The van der Waals surface area contributed by atoms with E-state index >= 15 is 0 Å². The van der Waals surface area contributed by atoms with Crippen LogP contribution in [0, 0.1) is 11.6 Å². The number of hydrogen-bond donors (Lipinski definition) is 1. The van der Waals surface area contributed by atoms with Crippen LogP contribution in [0.3, 0.4) is 0 Å². The minimum atomic E-state index is -4.20. The second kappa shape index (κ2) is 7.85. The molecule has 1 N–H and O–H groups in total. The lowest BCUT2D eigenvalue weighted by Gasteiger charge is -2.31. The summed E-state index contributed by atoms with van der Waals surface area (Å²) in [6, 6.07) is 6.78. The maximum Gasteiger partial charge on any atom is 0.266 e. The molecule has 0 aliphatic carbocycles. The first-order valence-corrected chi connectivity index (χ1v) is 11.3. The maximum atomic E-state index is 14.7. The van der Waals surface area contributed by atoms with Crippen LogP contribution in [-0.2, 0) is 23.0 Å². The number of rotatable bonds is 5. The summed E-state index contributed by atoms with van der Waals surface area (Å²) < 4.78 is 59.0. The van der Waals surface area contributed by atoms with Crippen LogP contribution < -0.4 is 9.62 Å². The van der Waals surface area contributed by atoms with E-state index in [-0.39, 0.29) is 22.5 Å². The Morgan fingerprint density at radius 2 is 2.07 bits per heavy atom. The second-order valence-electron chi connectivity index (χ2n) is 6.52. The van der Waals surface area contributed by atoms with Gasteiger partial charge in [-0.25, -0.2) is 22.2 Å². The summed E-state index contributed by atoms with van der Waals surface area (Å²) in [6.45, 7) is 0.980. The molecule has 29 heavy (non-hydrogen) atoms. The predicted octanol–water partition coefficient (Wildman–Crippen LogP) is 4.22. The van der Waals surface area contributed by atoms with Crippen molar-refractivity contribution in [3.05, 3.63) is 64.4 Å². The molecule has 0 amide bonds. The fourth-order valence-electron chi connectivity index (χ4n) is 3.30. The van der Waals surface area contributed by atoms with E-state index in [0.717, 1.165) is 47.8 Å². The molecule has 1 aliphatic rings. The van der Waals surface area contributed by atoms with Crippen molar-refractivity contribution >= 4 is 44.0 Å². The summed E-state index contributed by atoms with van der Waals surface area (Å²) in [7, 11) is -4.20. The van der Waals surface area contributed by atoms with Crippen molar-refractivity contribution in [2.75, 3.05) is 16.2 Å². The van der Waals surface area contributed by atoms with E-state index in [1.54, 1.807) is 6.07 Å². The molecule has 11 heteroatoms. The molecule has 0 radical (unpaired) electrons. The number of aromatic nitrogens is 2. The van der Waals surface area contributed by atoms with Gasteiger partial charge in [0.2, 0.25) is 5.13 Å². The van der Waals surface area contributed by atoms with Gasteiger partial charge < -0.3 is 4.90 Å². The molecule has 0 unspecified atom stereocenters. The van der Waals surface area contributed by atoms with E-state index < -0.39 is 20.7 Å². The lowest BCUT2D eigenvalue weighted by molar-refractivity contribution is 0.568. The molecule has 2 aromatic carbocycles. The highest BCUT2D eigenvalue weighted by atomic mass is 35.5. The summed E-state index contributed by atoms with van der Waals surface area (Å²) in [5.41, 5.74) is 2.19. The quantitative estimate of drug-likeness (QED) is 0.622. The molecule has 4 rings (SSSR count). The van der Waals surface area contributed by atoms with Gasteiger partial charge in [-0.05, 0) is 54.3 Å². The van der Waals surface area contributed by atoms with Gasteiger partial charge in [0.25, 0.3) is 10.0 Å². The van der Waals surface area contributed by atoms with Gasteiger partial charge in [-0.2, -0.15) is 4.37 Å². The van der Waals surface area contributed by atoms with Crippen molar-refractivity contribution < 1.29 is 17.2 Å². The minimum absolute atomic E-state index is 0.0294. The van der Waals surface area contributed by atoms with Gasteiger partial charge >= 0.3 is 0 Å². The van der Waals surface area contributed by atoms with E-state index in [2.05, 4.69) is 14.1 Å². The van der Waals surface area contributed by atoms with Crippen molar-refractivity contribution in [3.63, 3.8) is 0 Å². The average molecular weight is 457 g/mol. The molecule has 1 aromatic heterocycles. The number of fused-ring (bicyclic) bond motifs is 1. The Kier molecular flexibility index (Phi) is 5.41. The molecule has 0 spiro atoms. The zero-order chi connectivity index (χ0) is 20.6. The van der Waals surface area contributed by atoms with Crippen molar-refractivity contribution in [2.24, 2.45) is 0 Å². The first kappa shape index (κ1) is 20.0. The zero-order valence-corrected chi connectivity index (χ0v) is 17.3. The van der Waals surface area contributed by atoms with Gasteiger partial charge in [-0.15, -0.1) is 0 Å². The maximum absolute atomic E-state index is 14.7. The van der Waals surface area contributed by atoms with E-state index in [1.807, 2.05) is 4.90 Å². The molecule has 3 aromatic rings. The largest absolute Gasteiger partial charge is 0.367 e. The normalized spacial score (nSPS) is 14.0. The molecule has 152 valence electrons. The lowest BCUT2D eigenvalue weighted by atomic mass is 10.0. The monoisotopic (exact) mass is 456 g/mol. The van der Waals surface area contributed by atoms with Crippen LogP contribution in [0.15, 0.2) is 41.6 Å². The average Bonchev–Trinajstić information content (AvgIpc) is 3.16. The van der Waals surface area contributed by atoms with Gasteiger partial charge in [0.05, 0.1) is 0 Å². The summed E-state index contributed by atoms with van der Waals surface area (Å²) >= 11 is 7.13. The Labute approximate surface area is 175 Å². The fourth-order valence-corrected chi connectivity index (χ4v) is 5.33. The smallest absolute Gasteiger partial charge is 0.266 e. The van der Waals surface area contributed by atoms with Crippen LogP contribution in [0.2, 0.25) is 5.02 Å². The SMILES string of the molecule is O=S(=O)(Nc1ncns1)c1cc(Cl)c(CN2CCCc3cc(F)ccc32)cc1F. The standard InChI is InChI=1S/C18H15ClF2N4O2S2/c19-14-8-17(29(26,27)24-18-22-10-23-28-18)15(21)7-12(14)9-25-5-1-2-11-6-13(20)3-4-16(11)25/h3-4,6-8,10H,1-2,5,9H2,(H,22,23,24). The van der Waals surface area contributed by atoms with Crippen LogP contribution in [0.25, 0.3) is 0 Å². The first-order chi connectivity index (χ1) is 13.8. The van der Waals surface area contributed by atoms with Gasteiger partial charge in [0.15, 0.2) is 0 Å². The third-order valence-corrected chi connectivity index (χ3v) is 7.01. The first-order valence-electron chi connectivity index (χ1n) is 8.64. The van der Waals surface area contributed by atoms with Crippen molar-refractivity contribution in [2.45, 2.75) is 24.3 Å². The minimum Gasteiger partial charge on any atom is -0.367 e. The lowest BCUT2D eigenvalue weighted by Crippen LogP contribution is -2.29. The Morgan fingerprint density at radius 1 is 1.24 bits per heavy atom. The zero-order valence-electron chi connectivity index (χ0n) is 14.9. The van der Waals surface area contributed by atoms with Gasteiger partial charge in [0.1, 0.15) is 22.9 Å². The Bertz CT molecular complexity index is 1160. The van der Waals surface area contributed by atoms with Crippen LogP contribution in [-0.4, -0.2) is 24.3 Å². The number of halogens is 3. The summed E-state index contributed by atoms with van der Waals surface area (Å²) in [6.07, 6.45) is 2.78. The highest BCUT2D eigenvalue weighted by Crippen LogP contribution is 2.32. The number of benzene rings is 2. The van der Waals surface area contributed by atoms with Crippen molar-refractivity contribution in [1.82, 2.24) is 9.36 Å². The number of sulfonamides is 1. The number of hydrogen-bond acceptors (Lipinski definition) is 6. The molecule has 0 atom stereocenters. The topological polar surface area (TPSA) is 75.2 Å². The molecule has 0 bridgehead atoms. The number of aryl methyl sites for hydroxylation is 1. The van der Waals surface area contributed by atoms with E-state index in [1.165, 1.54) is 18.5 Å². The molecule has 2 heterocycles. The third-order valence-electron chi connectivity index (χ3n) is 4.59. The Balaban J connectivity index is 1.62. The van der Waals surface area contributed by atoms with Crippen molar-refractivity contribution in [3.8, 4) is 0 Å². The molecular formula is C18H15ClF2N4O2S2. The number of nitrogens with zero attached hydrogens (tertiary/aromatic N) is 3. The van der Waals surface area contributed by atoms with Crippen molar-refractivity contribution in [1.29, 1.82) is 0 Å². The van der Waals surface area contributed by atoms with Crippen LogP contribution in [0.5, 0.6) is 0 Å². The van der Waals surface area contributed by atoms with E-state index in [0.29, 0.717) is 12.1 Å². The number of nitrogens with one attached hydrogen (secondary N) is 1.